The van der Waals surface area contributed by atoms with Crippen LogP contribution >= 0.6 is 0 Å². The lowest BCUT2D eigenvalue weighted by Crippen LogP contribution is -2.45. The van der Waals surface area contributed by atoms with Gasteiger partial charge in [-0.3, -0.25) is 9.69 Å². The fraction of sp³-hybridized carbons (Fsp3) is 0.462. The number of carbonyl (C=O) groups is 1. The molecule has 1 aromatic rings. The lowest BCUT2D eigenvalue weighted by Gasteiger charge is -2.31. The van der Waals surface area contributed by atoms with Gasteiger partial charge in [-0.2, -0.15) is 0 Å². The van der Waals surface area contributed by atoms with Gasteiger partial charge in [-0.25, -0.2) is 0 Å². The molecule has 2 heteroatoms. The zero-order valence-corrected chi connectivity index (χ0v) is 10.2. The van der Waals surface area contributed by atoms with Crippen molar-refractivity contribution in [1.29, 1.82) is 0 Å². The van der Waals surface area contributed by atoms with E-state index >= 15 is 0 Å². The van der Waals surface area contributed by atoms with Crippen LogP contribution in [0.4, 0.5) is 0 Å². The van der Waals surface area contributed by atoms with Crippen LogP contribution in [-0.2, 0) is 0 Å². The highest BCUT2D eigenvalue weighted by Crippen LogP contribution is 2.19. The van der Waals surface area contributed by atoms with Crippen molar-refractivity contribution in [2.24, 2.45) is 0 Å². The molecule has 0 aromatic heterocycles. The Balaban J connectivity index is 3.11. The summed E-state index contributed by atoms with van der Waals surface area (Å²) in [5, 5.41) is 0. The Kier molecular flexibility index (Phi) is 3.30. The Morgan fingerprint density at radius 1 is 1.20 bits per heavy atom. The lowest BCUT2D eigenvalue weighted by molar-refractivity contribution is 0.0755. The number of benzene rings is 1. The molecule has 0 N–H and O–H groups in total. The van der Waals surface area contributed by atoms with Crippen LogP contribution in [-0.4, -0.2) is 30.3 Å². The summed E-state index contributed by atoms with van der Waals surface area (Å²) < 4.78 is 0. The highest BCUT2D eigenvalue weighted by Gasteiger charge is 2.31. The van der Waals surface area contributed by atoms with Gasteiger partial charge in [0.2, 0.25) is 0 Å². The number of ketones is 1. The topological polar surface area (TPSA) is 20.3 Å². The first-order valence-corrected chi connectivity index (χ1v) is 5.15. The summed E-state index contributed by atoms with van der Waals surface area (Å²) >= 11 is 0. The van der Waals surface area contributed by atoms with Gasteiger partial charge in [0.05, 0.1) is 5.54 Å². The molecule has 0 amide bonds. The number of aryl methyl sites for hydroxylation is 1. The second-order valence-corrected chi connectivity index (χ2v) is 4.60. The summed E-state index contributed by atoms with van der Waals surface area (Å²) in [6.07, 6.45) is 0. The third-order valence-corrected chi connectivity index (χ3v) is 3.06. The van der Waals surface area contributed by atoms with Gasteiger partial charge in [-0.05, 0) is 40.4 Å². The number of nitrogens with zero attached hydrogens (tertiary/aromatic N) is 1. The van der Waals surface area contributed by atoms with Crippen molar-refractivity contribution in [3.05, 3.63) is 35.4 Å². The van der Waals surface area contributed by atoms with Gasteiger partial charge in [0, 0.05) is 5.56 Å². The van der Waals surface area contributed by atoms with Gasteiger partial charge in [0.25, 0.3) is 0 Å². The average Bonchev–Trinajstić information content (AvgIpc) is 2.17. The Hall–Kier alpha value is -1.15. The number of hydrogen-bond acceptors (Lipinski definition) is 2. The smallest absolute Gasteiger partial charge is 0.182 e. The van der Waals surface area contributed by atoms with Gasteiger partial charge in [0.1, 0.15) is 0 Å². The SMILES string of the molecule is Cc1ccccc1C(=O)C(C)(C)N(C)C. The van der Waals surface area contributed by atoms with Crippen LogP contribution in [0.25, 0.3) is 0 Å². The number of carbonyl (C=O) groups excluding carboxylic acids is 1. The molecule has 1 rings (SSSR count). The fourth-order valence-electron chi connectivity index (χ4n) is 1.36. The quantitative estimate of drug-likeness (QED) is 0.707. The van der Waals surface area contributed by atoms with E-state index in [4.69, 9.17) is 0 Å². The molecule has 0 aliphatic carbocycles. The zero-order chi connectivity index (χ0) is 11.6. The van der Waals surface area contributed by atoms with Crippen LogP contribution in [0.3, 0.4) is 0 Å². The third kappa shape index (κ3) is 2.26. The van der Waals surface area contributed by atoms with Gasteiger partial charge < -0.3 is 0 Å². The Morgan fingerprint density at radius 3 is 2.20 bits per heavy atom. The lowest BCUT2D eigenvalue weighted by atomic mass is 9.90. The normalized spacial score (nSPS) is 11.9. The maximum Gasteiger partial charge on any atom is 0.182 e. The fourth-order valence-corrected chi connectivity index (χ4v) is 1.36. The van der Waals surface area contributed by atoms with E-state index in [1.54, 1.807) is 0 Å². The minimum atomic E-state index is -0.452. The molecule has 15 heavy (non-hydrogen) atoms. The first-order chi connectivity index (χ1) is 6.87. The van der Waals surface area contributed by atoms with Crippen LogP contribution in [0.2, 0.25) is 0 Å². The predicted molar refractivity (Wildman–Crippen MR) is 63.3 cm³/mol. The van der Waals surface area contributed by atoms with Crippen LogP contribution in [0.1, 0.15) is 29.8 Å². The first kappa shape index (κ1) is 11.9. The molecule has 0 saturated carbocycles. The van der Waals surface area contributed by atoms with E-state index in [9.17, 15) is 4.79 Å². The highest BCUT2D eigenvalue weighted by atomic mass is 16.1. The Bertz CT molecular complexity index is 367. The van der Waals surface area contributed by atoms with E-state index in [2.05, 4.69) is 0 Å². The van der Waals surface area contributed by atoms with Crippen LogP contribution < -0.4 is 0 Å². The number of rotatable bonds is 3. The largest absolute Gasteiger partial charge is 0.297 e. The molecule has 0 aliphatic rings. The van der Waals surface area contributed by atoms with Crippen molar-refractivity contribution in [3.8, 4) is 0 Å². The summed E-state index contributed by atoms with van der Waals surface area (Å²) in [5.74, 6) is 0.172. The molecule has 0 radical (unpaired) electrons. The summed E-state index contributed by atoms with van der Waals surface area (Å²) in [7, 11) is 3.85. The molecule has 82 valence electrons. The minimum absolute atomic E-state index is 0.172. The average molecular weight is 205 g/mol. The molecule has 1 aromatic carbocycles. The van der Waals surface area contributed by atoms with E-state index in [1.807, 2.05) is 64.0 Å². The maximum absolute atomic E-state index is 12.3. The van der Waals surface area contributed by atoms with E-state index in [0.717, 1.165) is 11.1 Å². The van der Waals surface area contributed by atoms with Gasteiger partial charge in [-0.1, -0.05) is 24.3 Å². The van der Waals surface area contributed by atoms with Crippen LogP contribution in [0, 0.1) is 6.92 Å². The van der Waals surface area contributed by atoms with E-state index < -0.39 is 5.54 Å². The van der Waals surface area contributed by atoms with Crippen molar-refractivity contribution < 1.29 is 4.79 Å². The Morgan fingerprint density at radius 2 is 1.73 bits per heavy atom. The van der Waals surface area contributed by atoms with E-state index in [-0.39, 0.29) is 5.78 Å². The van der Waals surface area contributed by atoms with E-state index in [1.165, 1.54) is 0 Å². The summed E-state index contributed by atoms with van der Waals surface area (Å²) in [6, 6.07) is 7.72. The summed E-state index contributed by atoms with van der Waals surface area (Å²) in [6.45, 7) is 5.86. The minimum Gasteiger partial charge on any atom is -0.297 e. The zero-order valence-electron chi connectivity index (χ0n) is 10.2. The summed E-state index contributed by atoms with van der Waals surface area (Å²) in [4.78, 5) is 14.2. The van der Waals surface area contributed by atoms with Gasteiger partial charge in [-0.15, -0.1) is 0 Å². The van der Waals surface area contributed by atoms with Crippen molar-refractivity contribution in [3.63, 3.8) is 0 Å². The summed E-state index contributed by atoms with van der Waals surface area (Å²) in [5.41, 5.74) is 1.40. The molecule has 0 spiro atoms. The second kappa shape index (κ2) is 4.15. The van der Waals surface area contributed by atoms with Gasteiger partial charge >= 0.3 is 0 Å². The van der Waals surface area contributed by atoms with Crippen molar-refractivity contribution in [2.75, 3.05) is 14.1 Å². The van der Waals surface area contributed by atoms with Crippen molar-refractivity contribution in [2.45, 2.75) is 26.3 Å². The molecule has 0 fully saturated rings. The molecular formula is C13H19NO. The van der Waals surface area contributed by atoms with Gasteiger partial charge in [0.15, 0.2) is 5.78 Å². The molecule has 0 unspecified atom stereocenters. The number of likely N-dealkylation sites (N-methyl/N-ethyl adjacent to an activating group) is 1. The predicted octanol–water partition coefficient (Wildman–Crippen LogP) is 2.52. The van der Waals surface area contributed by atoms with Crippen molar-refractivity contribution >= 4 is 5.78 Å². The molecule has 0 aliphatic heterocycles. The highest BCUT2D eigenvalue weighted by molar-refractivity contribution is 6.03. The first-order valence-electron chi connectivity index (χ1n) is 5.15. The third-order valence-electron chi connectivity index (χ3n) is 3.06. The standard InChI is InChI=1S/C13H19NO/c1-10-8-6-7-9-11(10)12(15)13(2,3)14(4)5/h6-9H,1-5H3. The monoisotopic (exact) mass is 205 g/mol. The Labute approximate surface area is 91.9 Å². The number of hydrogen-bond donors (Lipinski definition) is 0. The second-order valence-electron chi connectivity index (χ2n) is 4.60. The maximum atomic E-state index is 12.3. The molecule has 0 atom stereocenters. The molecular weight excluding hydrogens is 186 g/mol. The molecule has 2 nitrogen and oxygen atoms in total. The number of Topliss-reactive ketones (excluding diaryl/α,β-unsaturated/α-hetero) is 1. The van der Waals surface area contributed by atoms with Crippen LogP contribution in [0.5, 0.6) is 0 Å². The molecule has 0 heterocycles. The molecule has 0 bridgehead atoms. The van der Waals surface area contributed by atoms with E-state index in [0.29, 0.717) is 0 Å². The van der Waals surface area contributed by atoms with Crippen molar-refractivity contribution in [1.82, 2.24) is 4.90 Å². The molecule has 0 saturated heterocycles. The van der Waals surface area contributed by atoms with Crippen LogP contribution in [0.15, 0.2) is 24.3 Å².